The summed E-state index contributed by atoms with van der Waals surface area (Å²) in [6, 6.07) is 14.8. The number of hydrogen-bond donors (Lipinski definition) is 2. The number of aryl methyl sites for hydroxylation is 1. The summed E-state index contributed by atoms with van der Waals surface area (Å²) in [4.78, 5) is 28.7. The smallest absolute Gasteiger partial charge is 0.262 e. The van der Waals surface area contributed by atoms with E-state index in [4.69, 9.17) is 11.6 Å². The van der Waals surface area contributed by atoms with Crippen molar-refractivity contribution >= 4 is 40.5 Å². The van der Waals surface area contributed by atoms with Crippen LogP contribution in [0.15, 0.2) is 54.6 Å². The number of halogens is 1. The highest BCUT2D eigenvalue weighted by molar-refractivity contribution is 6.32. The van der Waals surface area contributed by atoms with Gasteiger partial charge in [-0.2, -0.15) is 0 Å². The molecule has 7 heteroatoms. The average Bonchev–Trinajstić information content (AvgIpc) is 3.03. The molecule has 2 amide bonds. The lowest BCUT2D eigenvalue weighted by atomic mass is 10.2. The number of para-hydroxylation sites is 2. The number of rotatable bonds is 5. The number of fused-ring (bicyclic) bond motifs is 1. The largest absolute Gasteiger partial charge is 0.318 e. The quantitative estimate of drug-likeness (QED) is 0.526. The summed E-state index contributed by atoms with van der Waals surface area (Å²) in [6.07, 6.45) is 3.60. The Morgan fingerprint density at radius 2 is 1.85 bits per heavy atom. The van der Waals surface area contributed by atoms with E-state index < -0.39 is 5.91 Å². The molecule has 0 aliphatic heterocycles. The molecule has 0 saturated carbocycles. The highest BCUT2D eigenvalue weighted by Gasteiger charge is 2.12. The third-order valence-corrected chi connectivity index (χ3v) is 4.34. The number of carbonyl (C=O) groups excluding carboxylic acids is 2. The fourth-order valence-corrected chi connectivity index (χ4v) is 2.90. The monoisotopic (exact) mass is 382 g/mol. The van der Waals surface area contributed by atoms with E-state index in [2.05, 4.69) is 15.8 Å². The summed E-state index contributed by atoms with van der Waals surface area (Å²) >= 11 is 6.03. The van der Waals surface area contributed by atoms with Crippen LogP contribution in [0.5, 0.6) is 0 Å². The molecule has 0 aliphatic carbocycles. The zero-order chi connectivity index (χ0) is 19.2. The second-order valence-corrected chi connectivity index (χ2v) is 6.26. The van der Waals surface area contributed by atoms with Crippen molar-refractivity contribution in [2.24, 2.45) is 0 Å². The van der Waals surface area contributed by atoms with Crippen LogP contribution in [-0.4, -0.2) is 21.4 Å². The Morgan fingerprint density at radius 1 is 1.11 bits per heavy atom. The van der Waals surface area contributed by atoms with E-state index in [1.54, 1.807) is 18.2 Å². The first-order chi connectivity index (χ1) is 13.1. The van der Waals surface area contributed by atoms with E-state index in [0.29, 0.717) is 11.4 Å². The van der Waals surface area contributed by atoms with E-state index in [9.17, 15) is 9.59 Å². The summed E-state index contributed by atoms with van der Waals surface area (Å²) in [5.41, 5.74) is 7.23. The number of nitrogens with zero attached hydrogens (tertiary/aromatic N) is 2. The van der Waals surface area contributed by atoms with Crippen LogP contribution >= 0.6 is 11.6 Å². The number of benzene rings is 2. The predicted molar refractivity (Wildman–Crippen MR) is 106 cm³/mol. The van der Waals surface area contributed by atoms with Crippen molar-refractivity contribution < 1.29 is 9.59 Å². The van der Waals surface area contributed by atoms with Gasteiger partial charge in [-0.1, -0.05) is 48.9 Å². The Morgan fingerprint density at radius 3 is 2.63 bits per heavy atom. The summed E-state index contributed by atoms with van der Waals surface area (Å²) in [7, 11) is 0. The molecule has 3 rings (SSSR count). The highest BCUT2D eigenvalue weighted by atomic mass is 35.5. The topological polar surface area (TPSA) is 76.0 Å². The van der Waals surface area contributed by atoms with E-state index >= 15 is 0 Å². The van der Waals surface area contributed by atoms with Crippen LogP contribution in [0.4, 0.5) is 0 Å². The standard InChI is InChI=1S/C20H19ClN4O2/c1-2-18-22-16-9-5-6-10-17(16)25(18)13-20(27)24-23-19(26)12-11-14-7-3-4-8-15(14)21/h3-12H,2,13H2,1H3,(H,23,26)(H,24,27)/b12-11+. The molecule has 27 heavy (non-hydrogen) atoms. The molecule has 0 radical (unpaired) electrons. The zero-order valence-electron chi connectivity index (χ0n) is 14.8. The molecule has 0 fully saturated rings. The SMILES string of the molecule is CCc1nc2ccccc2n1CC(=O)NNC(=O)/C=C/c1ccccc1Cl. The number of imidazole rings is 1. The van der Waals surface area contributed by atoms with Crippen molar-refractivity contribution in [1.82, 2.24) is 20.4 Å². The van der Waals surface area contributed by atoms with Gasteiger partial charge in [-0.15, -0.1) is 0 Å². The molecule has 0 saturated heterocycles. The predicted octanol–water partition coefficient (Wildman–Crippen LogP) is 3.11. The first kappa shape index (κ1) is 18.7. The maximum absolute atomic E-state index is 12.2. The van der Waals surface area contributed by atoms with Gasteiger partial charge >= 0.3 is 0 Å². The lowest BCUT2D eigenvalue weighted by molar-refractivity contribution is -0.127. The van der Waals surface area contributed by atoms with Gasteiger partial charge < -0.3 is 4.57 Å². The number of hydrogen-bond acceptors (Lipinski definition) is 3. The summed E-state index contributed by atoms with van der Waals surface area (Å²) in [6.45, 7) is 2.05. The minimum Gasteiger partial charge on any atom is -0.318 e. The van der Waals surface area contributed by atoms with E-state index in [1.807, 2.05) is 47.9 Å². The average molecular weight is 383 g/mol. The van der Waals surface area contributed by atoms with Crippen LogP contribution in [0.25, 0.3) is 17.1 Å². The first-order valence-electron chi connectivity index (χ1n) is 8.54. The summed E-state index contributed by atoms with van der Waals surface area (Å²) in [5, 5.41) is 0.546. The Balaban J connectivity index is 1.60. The first-order valence-corrected chi connectivity index (χ1v) is 8.92. The number of nitrogens with one attached hydrogen (secondary N) is 2. The molecule has 3 aromatic rings. The van der Waals surface area contributed by atoms with E-state index in [-0.39, 0.29) is 12.5 Å². The molecule has 0 unspecified atom stereocenters. The van der Waals surface area contributed by atoms with Crippen LogP contribution in [0.2, 0.25) is 5.02 Å². The fourth-order valence-electron chi connectivity index (χ4n) is 2.70. The Hall–Kier alpha value is -3.12. The lowest BCUT2D eigenvalue weighted by Gasteiger charge is -2.09. The van der Waals surface area contributed by atoms with Crippen LogP contribution < -0.4 is 10.9 Å². The van der Waals surface area contributed by atoms with Gasteiger partial charge in [0.25, 0.3) is 11.8 Å². The Labute approximate surface area is 161 Å². The van der Waals surface area contributed by atoms with Crippen molar-refractivity contribution in [2.45, 2.75) is 19.9 Å². The van der Waals surface area contributed by atoms with Gasteiger partial charge in [-0.25, -0.2) is 4.98 Å². The van der Waals surface area contributed by atoms with Crippen molar-refractivity contribution in [3.8, 4) is 0 Å². The number of hydrazine groups is 1. The van der Waals surface area contributed by atoms with Crippen LogP contribution in [-0.2, 0) is 22.6 Å². The highest BCUT2D eigenvalue weighted by Crippen LogP contribution is 2.17. The van der Waals surface area contributed by atoms with Crippen molar-refractivity contribution in [1.29, 1.82) is 0 Å². The summed E-state index contributed by atoms with van der Waals surface area (Å²) < 4.78 is 1.84. The second kappa shape index (κ2) is 8.51. The maximum Gasteiger partial charge on any atom is 0.262 e. The number of carbonyl (C=O) groups is 2. The normalized spacial score (nSPS) is 11.0. The molecule has 0 bridgehead atoms. The van der Waals surface area contributed by atoms with Gasteiger partial charge in [0, 0.05) is 17.5 Å². The zero-order valence-corrected chi connectivity index (χ0v) is 15.5. The molecule has 0 aliphatic rings. The Bertz CT molecular complexity index is 1010. The molecular weight excluding hydrogens is 364 g/mol. The van der Waals surface area contributed by atoms with Gasteiger partial charge in [-0.05, 0) is 29.8 Å². The van der Waals surface area contributed by atoms with Crippen LogP contribution in [0.1, 0.15) is 18.3 Å². The molecule has 0 atom stereocenters. The fraction of sp³-hybridized carbons (Fsp3) is 0.150. The van der Waals surface area contributed by atoms with Crippen molar-refractivity contribution in [2.75, 3.05) is 0 Å². The molecule has 0 spiro atoms. The van der Waals surface area contributed by atoms with Crippen molar-refractivity contribution in [3.63, 3.8) is 0 Å². The molecule has 2 aromatic carbocycles. The van der Waals surface area contributed by atoms with E-state index in [1.165, 1.54) is 6.08 Å². The van der Waals surface area contributed by atoms with Gasteiger partial charge in [0.2, 0.25) is 0 Å². The van der Waals surface area contributed by atoms with Gasteiger partial charge in [0.05, 0.1) is 11.0 Å². The summed E-state index contributed by atoms with van der Waals surface area (Å²) in [5.74, 6) is 0.0260. The molecule has 2 N–H and O–H groups in total. The third-order valence-electron chi connectivity index (χ3n) is 4.00. The third kappa shape index (κ3) is 4.54. The molecule has 1 aromatic heterocycles. The molecule has 1 heterocycles. The number of aromatic nitrogens is 2. The maximum atomic E-state index is 12.2. The second-order valence-electron chi connectivity index (χ2n) is 5.85. The van der Waals surface area contributed by atoms with Crippen LogP contribution in [0.3, 0.4) is 0 Å². The van der Waals surface area contributed by atoms with Gasteiger partial charge in [0.15, 0.2) is 0 Å². The van der Waals surface area contributed by atoms with Crippen molar-refractivity contribution in [3.05, 3.63) is 71.0 Å². The van der Waals surface area contributed by atoms with Crippen LogP contribution in [0, 0.1) is 0 Å². The van der Waals surface area contributed by atoms with E-state index in [0.717, 1.165) is 22.4 Å². The van der Waals surface area contributed by atoms with Gasteiger partial charge in [0.1, 0.15) is 12.4 Å². The number of amides is 2. The molecule has 6 nitrogen and oxygen atoms in total. The Kier molecular flexibility index (Phi) is 5.88. The minimum atomic E-state index is -0.450. The minimum absolute atomic E-state index is 0.0677. The molecular formula is C20H19ClN4O2. The molecule has 138 valence electrons. The lowest BCUT2D eigenvalue weighted by Crippen LogP contribution is -2.42. The van der Waals surface area contributed by atoms with Gasteiger partial charge in [-0.3, -0.25) is 20.4 Å².